The van der Waals surface area contributed by atoms with Gasteiger partial charge in [0.05, 0.1) is 34.0 Å². The van der Waals surface area contributed by atoms with Crippen LogP contribution in [0, 0.1) is 0 Å². The fourth-order valence-electron chi connectivity index (χ4n) is 2.35. The lowest BCUT2D eigenvalue weighted by Gasteiger charge is -2.26. The normalized spacial score (nSPS) is 15.7. The number of nitrogens with two attached hydrogens (primary N) is 1. The molecule has 1 aromatic carbocycles. The average molecular weight is 296 g/mol. The van der Waals surface area contributed by atoms with Crippen LogP contribution in [0.25, 0.3) is 0 Å². The molecule has 0 atom stereocenters. The van der Waals surface area contributed by atoms with Crippen LogP contribution in [-0.4, -0.2) is 58.6 Å². The quantitative estimate of drug-likeness (QED) is 0.606. The van der Waals surface area contributed by atoms with Crippen molar-refractivity contribution < 1.29 is 18.9 Å². The maximum atomic E-state index is 5.84. The van der Waals surface area contributed by atoms with E-state index in [2.05, 4.69) is 4.90 Å². The van der Waals surface area contributed by atoms with Gasteiger partial charge in [-0.15, -0.1) is 0 Å². The first-order valence-electron chi connectivity index (χ1n) is 7.19. The Morgan fingerprint density at radius 3 is 2.52 bits per heavy atom. The zero-order chi connectivity index (χ0) is 15.1. The van der Waals surface area contributed by atoms with Crippen LogP contribution >= 0.6 is 0 Å². The summed E-state index contributed by atoms with van der Waals surface area (Å²) in [7, 11) is 3.17. The van der Waals surface area contributed by atoms with Gasteiger partial charge in [0, 0.05) is 37.5 Å². The maximum absolute atomic E-state index is 5.84. The summed E-state index contributed by atoms with van der Waals surface area (Å²) in [5, 5.41) is 0. The van der Waals surface area contributed by atoms with E-state index < -0.39 is 0 Å². The average Bonchev–Trinajstić information content (AvgIpc) is 2.52. The van der Waals surface area contributed by atoms with Crippen LogP contribution < -0.4 is 19.9 Å². The predicted octanol–water partition coefficient (Wildman–Crippen LogP) is 1.39. The Bertz CT molecular complexity index is 448. The summed E-state index contributed by atoms with van der Waals surface area (Å²) in [5.41, 5.74) is 6.44. The SMILES string of the molecule is COc1cc(N)cc(OCCCN2CCOCC2)c1OC. The molecule has 0 amide bonds. The van der Waals surface area contributed by atoms with Gasteiger partial charge in [-0.25, -0.2) is 0 Å². The Balaban J connectivity index is 1.85. The molecule has 2 rings (SSSR count). The third kappa shape index (κ3) is 4.41. The Morgan fingerprint density at radius 1 is 1.14 bits per heavy atom. The largest absolute Gasteiger partial charge is 0.493 e. The lowest BCUT2D eigenvalue weighted by Crippen LogP contribution is -2.37. The van der Waals surface area contributed by atoms with Crippen molar-refractivity contribution in [3.8, 4) is 17.2 Å². The van der Waals surface area contributed by atoms with E-state index in [0.717, 1.165) is 39.3 Å². The Kier molecular flexibility index (Phi) is 5.95. The number of hydrogen-bond acceptors (Lipinski definition) is 6. The molecule has 6 heteroatoms. The fraction of sp³-hybridized carbons (Fsp3) is 0.600. The van der Waals surface area contributed by atoms with Gasteiger partial charge in [0.1, 0.15) is 0 Å². The monoisotopic (exact) mass is 296 g/mol. The Labute approximate surface area is 125 Å². The molecule has 118 valence electrons. The van der Waals surface area contributed by atoms with E-state index in [1.807, 2.05) is 0 Å². The molecule has 6 nitrogen and oxygen atoms in total. The number of anilines is 1. The first-order valence-corrected chi connectivity index (χ1v) is 7.19. The van der Waals surface area contributed by atoms with Gasteiger partial charge in [0.25, 0.3) is 0 Å². The van der Waals surface area contributed by atoms with E-state index >= 15 is 0 Å². The highest BCUT2D eigenvalue weighted by atomic mass is 16.5. The molecule has 0 aromatic heterocycles. The van der Waals surface area contributed by atoms with Crippen LogP contribution in [-0.2, 0) is 4.74 Å². The van der Waals surface area contributed by atoms with Crippen molar-refractivity contribution in [1.82, 2.24) is 4.90 Å². The van der Waals surface area contributed by atoms with Gasteiger partial charge >= 0.3 is 0 Å². The van der Waals surface area contributed by atoms with Gasteiger partial charge in [0.15, 0.2) is 11.5 Å². The minimum atomic E-state index is 0.582. The number of nitrogen functional groups attached to an aromatic ring is 1. The molecule has 21 heavy (non-hydrogen) atoms. The summed E-state index contributed by atoms with van der Waals surface area (Å²) in [6.45, 7) is 5.25. The van der Waals surface area contributed by atoms with Gasteiger partial charge in [-0.2, -0.15) is 0 Å². The topological polar surface area (TPSA) is 66.2 Å². The van der Waals surface area contributed by atoms with Crippen LogP contribution in [0.5, 0.6) is 17.2 Å². The van der Waals surface area contributed by atoms with Crippen molar-refractivity contribution in [2.24, 2.45) is 0 Å². The maximum Gasteiger partial charge on any atom is 0.203 e. The van der Waals surface area contributed by atoms with Crippen LogP contribution in [0.2, 0.25) is 0 Å². The Hall–Kier alpha value is -1.66. The second kappa shape index (κ2) is 7.95. The minimum absolute atomic E-state index is 0.582. The predicted molar refractivity (Wildman–Crippen MR) is 81.3 cm³/mol. The molecule has 0 bridgehead atoms. The molecule has 1 heterocycles. The first-order chi connectivity index (χ1) is 10.2. The Morgan fingerprint density at radius 2 is 1.86 bits per heavy atom. The van der Waals surface area contributed by atoms with E-state index in [1.165, 1.54) is 0 Å². The summed E-state index contributed by atoms with van der Waals surface area (Å²) in [6, 6.07) is 3.48. The minimum Gasteiger partial charge on any atom is -0.493 e. The molecular weight excluding hydrogens is 272 g/mol. The van der Waals surface area contributed by atoms with Crippen molar-refractivity contribution in [1.29, 1.82) is 0 Å². The van der Waals surface area contributed by atoms with Gasteiger partial charge in [0.2, 0.25) is 5.75 Å². The van der Waals surface area contributed by atoms with Crippen LogP contribution in [0.15, 0.2) is 12.1 Å². The zero-order valence-corrected chi connectivity index (χ0v) is 12.8. The lowest BCUT2D eigenvalue weighted by molar-refractivity contribution is 0.0357. The second-order valence-electron chi connectivity index (χ2n) is 4.91. The molecular formula is C15H24N2O4. The third-order valence-corrected chi connectivity index (χ3v) is 3.45. The molecule has 0 saturated carbocycles. The van der Waals surface area contributed by atoms with Crippen molar-refractivity contribution >= 4 is 5.69 Å². The summed E-state index contributed by atoms with van der Waals surface area (Å²) in [4.78, 5) is 2.38. The molecule has 1 aliphatic rings. The molecule has 1 aliphatic heterocycles. The molecule has 2 N–H and O–H groups in total. The number of rotatable bonds is 7. The number of methoxy groups -OCH3 is 2. The van der Waals surface area contributed by atoms with Gasteiger partial charge < -0.3 is 24.7 Å². The van der Waals surface area contributed by atoms with Crippen LogP contribution in [0.3, 0.4) is 0 Å². The first kappa shape index (κ1) is 15.7. The molecule has 1 fully saturated rings. The van der Waals surface area contributed by atoms with E-state index in [1.54, 1.807) is 26.4 Å². The third-order valence-electron chi connectivity index (χ3n) is 3.45. The molecule has 1 saturated heterocycles. The number of morpholine rings is 1. The van der Waals surface area contributed by atoms with Gasteiger partial charge in [-0.1, -0.05) is 0 Å². The van der Waals surface area contributed by atoms with E-state index in [0.29, 0.717) is 29.5 Å². The van der Waals surface area contributed by atoms with E-state index in [4.69, 9.17) is 24.7 Å². The summed E-state index contributed by atoms with van der Waals surface area (Å²) in [5.74, 6) is 1.79. The number of hydrogen-bond donors (Lipinski definition) is 1. The van der Waals surface area contributed by atoms with Crippen molar-refractivity contribution in [3.63, 3.8) is 0 Å². The van der Waals surface area contributed by atoms with E-state index in [9.17, 15) is 0 Å². The van der Waals surface area contributed by atoms with E-state index in [-0.39, 0.29) is 0 Å². The van der Waals surface area contributed by atoms with Crippen molar-refractivity contribution in [2.45, 2.75) is 6.42 Å². The smallest absolute Gasteiger partial charge is 0.203 e. The fourth-order valence-corrected chi connectivity index (χ4v) is 2.35. The molecule has 0 unspecified atom stereocenters. The lowest BCUT2D eigenvalue weighted by atomic mass is 10.2. The van der Waals surface area contributed by atoms with Crippen LogP contribution in [0.4, 0.5) is 5.69 Å². The van der Waals surface area contributed by atoms with Gasteiger partial charge in [-0.05, 0) is 6.42 Å². The summed E-state index contributed by atoms with van der Waals surface area (Å²) >= 11 is 0. The molecule has 0 spiro atoms. The van der Waals surface area contributed by atoms with Crippen molar-refractivity contribution in [2.75, 3.05) is 59.4 Å². The zero-order valence-electron chi connectivity index (χ0n) is 12.8. The second-order valence-corrected chi connectivity index (χ2v) is 4.91. The number of ether oxygens (including phenoxy) is 4. The molecule has 0 radical (unpaired) electrons. The molecule has 0 aliphatic carbocycles. The van der Waals surface area contributed by atoms with Gasteiger partial charge in [-0.3, -0.25) is 4.90 Å². The van der Waals surface area contributed by atoms with Crippen LogP contribution in [0.1, 0.15) is 6.42 Å². The van der Waals surface area contributed by atoms with Crippen molar-refractivity contribution in [3.05, 3.63) is 12.1 Å². The highest BCUT2D eigenvalue weighted by Crippen LogP contribution is 2.39. The number of benzene rings is 1. The number of nitrogens with zero attached hydrogens (tertiary/aromatic N) is 1. The standard InChI is InChI=1S/C15H24N2O4/c1-18-13-10-12(16)11-14(15(13)19-2)21-7-3-4-17-5-8-20-9-6-17/h10-11H,3-9,16H2,1-2H3. The summed E-state index contributed by atoms with van der Waals surface area (Å²) < 4.78 is 21.7. The molecule has 1 aromatic rings. The highest BCUT2D eigenvalue weighted by Gasteiger charge is 2.13. The summed E-state index contributed by atoms with van der Waals surface area (Å²) in [6.07, 6.45) is 0.945. The highest BCUT2D eigenvalue weighted by molar-refractivity contribution is 5.60.